The van der Waals surface area contributed by atoms with E-state index in [4.69, 9.17) is 4.74 Å². The van der Waals surface area contributed by atoms with Crippen LogP contribution in [0.25, 0.3) is 11.0 Å². The fourth-order valence-corrected chi connectivity index (χ4v) is 2.44. The van der Waals surface area contributed by atoms with E-state index in [9.17, 15) is 4.79 Å². The molecule has 3 rings (SSSR count). The summed E-state index contributed by atoms with van der Waals surface area (Å²) in [7, 11) is 0. The number of aromatic amines is 1. The van der Waals surface area contributed by atoms with Gasteiger partial charge in [-0.25, -0.2) is 4.98 Å². The Bertz CT molecular complexity index is 857. The summed E-state index contributed by atoms with van der Waals surface area (Å²) in [5, 5.41) is 10.7. The van der Waals surface area contributed by atoms with Crippen LogP contribution >= 0.6 is 0 Å². The topological polar surface area (TPSA) is 79.9 Å². The first-order valence-electron chi connectivity index (χ1n) is 7.92. The molecule has 0 aliphatic carbocycles. The lowest BCUT2D eigenvalue weighted by Crippen LogP contribution is -2.13. The van der Waals surface area contributed by atoms with E-state index < -0.39 is 0 Å². The Labute approximate surface area is 140 Å². The standard InChI is InChI=1S/C18H20N4O2/c1-12-5-3-6-15(9-12)24-8-4-7-17(23)20-14-10-16-13(2)21-22-18(16)19-11-14/h3,5-6,9-11H,4,7-8H2,1-2H3,(H,20,23)(H,19,21,22). The zero-order valence-electron chi connectivity index (χ0n) is 13.8. The van der Waals surface area contributed by atoms with Gasteiger partial charge in [-0.3, -0.25) is 9.89 Å². The number of nitrogens with zero attached hydrogens (tertiary/aromatic N) is 2. The highest BCUT2D eigenvalue weighted by molar-refractivity contribution is 5.92. The van der Waals surface area contributed by atoms with Crippen LogP contribution < -0.4 is 10.1 Å². The van der Waals surface area contributed by atoms with Crippen molar-refractivity contribution in [1.82, 2.24) is 15.2 Å². The van der Waals surface area contributed by atoms with Crippen LogP contribution in [0, 0.1) is 13.8 Å². The van der Waals surface area contributed by atoms with Gasteiger partial charge in [0.25, 0.3) is 0 Å². The molecule has 0 radical (unpaired) electrons. The summed E-state index contributed by atoms with van der Waals surface area (Å²) in [6.07, 6.45) is 2.66. The average Bonchev–Trinajstić information content (AvgIpc) is 2.93. The zero-order chi connectivity index (χ0) is 16.9. The predicted molar refractivity (Wildman–Crippen MR) is 93.2 cm³/mol. The maximum absolute atomic E-state index is 12.0. The number of rotatable bonds is 6. The molecule has 3 aromatic rings. The zero-order valence-corrected chi connectivity index (χ0v) is 13.8. The largest absolute Gasteiger partial charge is 0.494 e. The predicted octanol–water partition coefficient (Wildman–Crippen LogP) is 3.37. The highest BCUT2D eigenvalue weighted by Gasteiger charge is 2.07. The molecule has 6 heteroatoms. The first-order chi connectivity index (χ1) is 11.6. The van der Waals surface area contributed by atoms with E-state index in [1.807, 2.05) is 44.2 Å². The Morgan fingerprint density at radius 2 is 2.17 bits per heavy atom. The van der Waals surface area contributed by atoms with E-state index in [1.165, 1.54) is 0 Å². The third-order valence-electron chi connectivity index (χ3n) is 3.69. The molecule has 0 atom stereocenters. The Balaban J connectivity index is 1.47. The van der Waals surface area contributed by atoms with Crippen LogP contribution in [0.1, 0.15) is 24.1 Å². The van der Waals surface area contributed by atoms with Crippen LogP contribution in [-0.4, -0.2) is 27.7 Å². The van der Waals surface area contributed by atoms with Crippen molar-refractivity contribution in [2.45, 2.75) is 26.7 Å². The maximum atomic E-state index is 12.0. The van der Waals surface area contributed by atoms with Crippen molar-refractivity contribution in [1.29, 1.82) is 0 Å². The van der Waals surface area contributed by atoms with Gasteiger partial charge < -0.3 is 10.1 Å². The summed E-state index contributed by atoms with van der Waals surface area (Å²) in [4.78, 5) is 16.2. The second-order valence-corrected chi connectivity index (χ2v) is 5.76. The number of carbonyl (C=O) groups is 1. The van der Waals surface area contributed by atoms with Gasteiger partial charge in [-0.2, -0.15) is 5.10 Å². The van der Waals surface area contributed by atoms with Gasteiger partial charge in [0.05, 0.1) is 18.5 Å². The SMILES string of the molecule is Cc1cccc(OCCCC(=O)Nc2cnc3n[nH]c(C)c3c2)c1. The summed E-state index contributed by atoms with van der Waals surface area (Å²) < 4.78 is 5.65. The fraction of sp³-hybridized carbons (Fsp3) is 0.278. The van der Waals surface area contributed by atoms with Crippen molar-refractivity contribution in [2.75, 3.05) is 11.9 Å². The minimum Gasteiger partial charge on any atom is -0.494 e. The monoisotopic (exact) mass is 324 g/mol. The van der Waals surface area contributed by atoms with Crippen LogP contribution in [0.3, 0.4) is 0 Å². The third-order valence-corrected chi connectivity index (χ3v) is 3.69. The molecule has 24 heavy (non-hydrogen) atoms. The highest BCUT2D eigenvalue weighted by atomic mass is 16.5. The molecular weight excluding hydrogens is 304 g/mol. The third kappa shape index (κ3) is 3.90. The van der Waals surface area contributed by atoms with Gasteiger partial charge in [0.15, 0.2) is 5.65 Å². The number of benzene rings is 1. The average molecular weight is 324 g/mol. The minimum atomic E-state index is -0.0508. The van der Waals surface area contributed by atoms with E-state index in [0.29, 0.717) is 30.8 Å². The number of anilines is 1. The van der Waals surface area contributed by atoms with Crippen LogP contribution in [0.2, 0.25) is 0 Å². The van der Waals surface area contributed by atoms with Crippen molar-refractivity contribution in [2.24, 2.45) is 0 Å². The number of aryl methyl sites for hydroxylation is 2. The summed E-state index contributed by atoms with van der Waals surface area (Å²) >= 11 is 0. The molecule has 2 aromatic heterocycles. The van der Waals surface area contributed by atoms with Gasteiger partial charge in [-0.05, 0) is 44.0 Å². The Morgan fingerprint density at radius 1 is 1.29 bits per heavy atom. The molecule has 0 bridgehead atoms. The van der Waals surface area contributed by atoms with E-state index >= 15 is 0 Å². The summed E-state index contributed by atoms with van der Waals surface area (Å²) in [6.45, 7) is 4.45. The van der Waals surface area contributed by atoms with E-state index in [-0.39, 0.29) is 5.91 Å². The Hall–Kier alpha value is -2.89. The first-order valence-corrected chi connectivity index (χ1v) is 7.92. The minimum absolute atomic E-state index is 0.0508. The maximum Gasteiger partial charge on any atom is 0.224 e. The molecule has 0 aliphatic rings. The quantitative estimate of drug-likeness (QED) is 0.681. The first kappa shape index (κ1) is 16.0. The molecule has 124 valence electrons. The number of carbonyl (C=O) groups excluding carboxylic acids is 1. The molecule has 0 unspecified atom stereocenters. The molecule has 1 aromatic carbocycles. The molecule has 2 heterocycles. The van der Waals surface area contributed by atoms with Crippen LogP contribution in [0.5, 0.6) is 5.75 Å². The summed E-state index contributed by atoms with van der Waals surface area (Å²) in [6, 6.07) is 9.75. The number of aromatic nitrogens is 3. The number of hydrogen-bond donors (Lipinski definition) is 2. The molecule has 6 nitrogen and oxygen atoms in total. The Morgan fingerprint density at radius 3 is 3.00 bits per heavy atom. The van der Waals surface area contributed by atoms with Crippen LogP contribution in [-0.2, 0) is 4.79 Å². The van der Waals surface area contributed by atoms with Crippen LogP contribution in [0.15, 0.2) is 36.5 Å². The normalized spacial score (nSPS) is 10.8. The number of ether oxygens (including phenoxy) is 1. The number of H-pyrrole nitrogens is 1. The molecule has 0 spiro atoms. The molecular formula is C18H20N4O2. The van der Waals surface area contributed by atoms with Gasteiger partial charge >= 0.3 is 0 Å². The second kappa shape index (κ2) is 7.12. The van der Waals surface area contributed by atoms with Gasteiger partial charge in [0, 0.05) is 17.5 Å². The molecule has 0 saturated heterocycles. The fourth-order valence-electron chi connectivity index (χ4n) is 2.44. The number of fused-ring (bicyclic) bond motifs is 1. The van der Waals surface area contributed by atoms with Crippen molar-refractivity contribution in [3.63, 3.8) is 0 Å². The van der Waals surface area contributed by atoms with Gasteiger partial charge in [-0.1, -0.05) is 12.1 Å². The number of pyridine rings is 1. The van der Waals surface area contributed by atoms with Crippen molar-refractivity contribution in [3.8, 4) is 5.75 Å². The second-order valence-electron chi connectivity index (χ2n) is 5.76. The van der Waals surface area contributed by atoms with Crippen LogP contribution in [0.4, 0.5) is 5.69 Å². The number of amides is 1. The summed E-state index contributed by atoms with van der Waals surface area (Å²) in [5.74, 6) is 0.783. The lowest BCUT2D eigenvalue weighted by atomic mass is 10.2. The van der Waals surface area contributed by atoms with E-state index in [1.54, 1.807) is 6.20 Å². The molecule has 0 aliphatic heterocycles. The molecule has 1 amide bonds. The van der Waals surface area contributed by atoms with E-state index in [2.05, 4.69) is 20.5 Å². The Kier molecular flexibility index (Phi) is 4.74. The van der Waals surface area contributed by atoms with Crippen molar-refractivity contribution >= 4 is 22.6 Å². The smallest absolute Gasteiger partial charge is 0.224 e. The van der Waals surface area contributed by atoms with Crippen molar-refractivity contribution in [3.05, 3.63) is 47.8 Å². The lowest BCUT2D eigenvalue weighted by molar-refractivity contribution is -0.116. The molecule has 2 N–H and O–H groups in total. The van der Waals surface area contributed by atoms with Gasteiger partial charge in [-0.15, -0.1) is 0 Å². The molecule has 0 saturated carbocycles. The molecule has 0 fully saturated rings. The highest BCUT2D eigenvalue weighted by Crippen LogP contribution is 2.18. The number of nitrogens with one attached hydrogen (secondary N) is 2. The summed E-state index contributed by atoms with van der Waals surface area (Å²) in [5.41, 5.74) is 3.41. The van der Waals surface area contributed by atoms with E-state index in [0.717, 1.165) is 22.4 Å². The van der Waals surface area contributed by atoms with Gasteiger partial charge in [0.1, 0.15) is 5.75 Å². The van der Waals surface area contributed by atoms with Gasteiger partial charge in [0.2, 0.25) is 5.91 Å². The van der Waals surface area contributed by atoms with Crippen molar-refractivity contribution < 1.29 is 9.53 Å². The lowest BCUT2D eigenvalue weighted by Gasteiger charge is -2.07. The number of hydrogen-bond acceptors (Lipinski definition) is 4.